The maximum absolute atomic E-state index is 5.36. The molecule has 15 heavy (non-hydrogen) atoms. The van der Waals surface area contributed by atoms with E-state index in [0.717, 1.165) is 29.0 Å². The quantitative estimate of drug-likeness (QED) is 0.803. The van der Waals surface area contributed by atoms with Crippen molar-refractivity contribution in [3.8, 4) is 0 Å². The van der Waals surface area contributed by atoms with Crippen LogP contribution in [0.5, 0.6) is 0 Å². The molecule has 0 amide bonds. The van der Waals surface area contributed by atoms with Crippen LogP contribution in [0.15, 0.2) is 16.8 Å². The van der Waals surface area contributed by atoms with Crippen molar-refractivity contribution < 1.29 is 4.42 Å². The molecule has 1 aromatic heterocycles. The van der Waals surface area contributed by atoms with Crippen LogP contribution >= 0.6 is 0 Å². The van der Waals surface area contributed by atoms with Crippen molar-refractivity contribution in [2.24, 2.45) is 0 Å². The van der Waals surface area contributed by atoms with Crippen molar-refractivity contribution in [2.45, 2.75) is 13.8 Å². The smallest absolute Gasteiger partial charge is 0.128 e. The molecular weight excluding hydrogens is 188 g/mol. The van der Waals surface area contributed by atoms with Gasteiger partial charge in [0, 0.05) is 18.8 Å². The van der Waals surface area contributed by atoms with E-state index in [0.29, 0.717) is 5.42 Å². The van der Waals surface area contributed by atoms with Crippen LogP contribution in [0.1, 0.15) is 12.7 Å². The zero-order valence-corrected chi connectivity index (χ0v) is 9.68. The number of aryl methyl sites for hydroxylation is 1. The summed E-state index contributed by atoms with van der Waals surface area (Å²) in [5, 5.41) is 3.98. The predicted molar refractivity (Wildman–Crippen MR) is 64.8 cm³/mol. The fourth-order valence-corrected chi connectivity index (χ4v) is 1.24. The highest BCUT2D eigenvalue weighted by molar-refractivity contribution is 5.52. The molecule has 0 fully saturated rings. The van der Waals surface area contributed by atoms with Crippen LogP contribution in [0.2, 0.25) is 0 Å². The molecule has 0 aromatic carbocycles. The molecule has 0 atom stereocenters. The van der Waals surface area contributed by atoms with Crippen LogP contribution in [0.3, 0.4) is 0 Å². The lowest BCUT2D eigenvalue weighted by Gasteiger charge is -2.20. The van der Waals surface area contributed by atoms with Crippen LogP contribution in [0.4, 0.5) is 5.69 Å². The van der Waals surface area contributed by atoms with E-state index in [1.165, 1.54) is 0 Å². The minimum atomic E-state index is 0.599. The highest BCUT2D eigenvalue weighted by Crippen LogP contribution is 2.10. The summed E-state index contributed by atoms with van der Waals surface area (Å²) < 4.78 is 5.36. The molecule has 0 bridgehead atoms. The Morgan fingerprint density at radius 3 is 2.47 bits per heavy atom. The molecule has 0 aliphatic carbocycles. The predicted octanol–water partition coefficient (Wildman–Crippen LogP) is 1.24. The van der Waals surface area contributed by atoms with Gasteiger partial charge in [-0.1, -0.05) is 19.7 Å². The molecule has 82 valence electrons. The normalized spacial score (nSPS) is 10.1. The highest BCUT2D eigenvalue weighted by atomic mass is 16.3. The summed E-state index contributed by atoms with van der Waals surface area (Å²) in [6, 6.07) is 0. The van der Waals surface area contributed by atoms with Crippen molar-refractivity contribution in [3.63, 3.8) is 0 Å². The Morgan fingerprint density at radius 1 is 1.47 bits per heavy atom. The largest absolute Gasteiger partial charge is 0.460 e. The van der Waals surface area contributed by atoms with Gasteiger partial charge >= 0.3 is 0 Å². The van der Waals surface area contributed by atoms with Gasteiger partial charge in [0.2, 0.25) is 0 Å². The summed E-state index contributed by atoms with van der Waals surface area (Å²) in [4.78, 5) is 2.01. The van der Waals surface area contributed by atoms with Gasteiger partial charge in [0.1, 0.15) is 11.2 Å². The molecular formula is C12H18N2O. The maximum Gasteiger partial charge on any atom is 0.128 e. The van der Waals surface area contributed by atoms with E-state index in [1.807, 2.05) is 18.9 Å². The second-order valence-corrected chi connectivity index (χ2v) is 3.52. The van der Waals surface area contributed by atoms with E-state index in [-0.39, 0.29) is 0 Å². The lowest BCUT2D eigenvalue weighted by atomic mass is 10.3. The van der Waals surface area contributed by atoms with E-state index in [1.54, 1.807) is 0 Å². The number of hydrogen-bond donors (Lipinski definition) is 1. The molecule has 1 N–H and O–H groups in total. The first kappa shape index (κ1) is 11.4. The lowest BCUT2D eigenvalue weighted by molar-refractivity contribution is 0.448. The fraction of sp³-hybridized carbons (Fsp3) is 0.333. The van der Waals surface area contributed by atoms with E-state index >= 15 is 0 Å². The molecule has 1 aromatic rings. The van der Waals surface area contributed by atoms with Gasteiger partial charge in [0.25, 0.3) is 0 Å². The van der Waals surface area contributed by atoms with Crippen molar-refractivity contribution in [1.29, 1.82) is 0 Å². The number of hydrogen-bond acceptors (Lipinski definition) is 3. The van der Waals surface area contributed by atoms with Crippen molar-refractivity contribution in [1.82, 2.24) is 4.90 Å². The minimum absolute atomic E-state index is 0.599. The SMILES string of the molecule is C=C(Nc1c(C)oc(=C)c1=C)N(C)CC. The van der Waals surface area contributed by atoms with Crippen LogP contribution in [-0.4, -0.2) is 18.5 Å². The third-order valence-corrected chi connectivity index (χ3v) is 2.47. The van der Waals surface area contributed by atoms with E-state index in [2.05, 4.69) is 32.0 Å². The molecule has 0 saturated heterocycles. The van der Waals surface area contributed by atoms with Gasteiger partial charge in [0.05, 0.1) is 11.5 Å². The Hall–Kier alpha value is -1.64. The van der Waals surface area contributed by atoms with Gasteiger partial charge in [-0.2, -0.15) is 0 Å². The van der Waals surface area contributed by atoms with Gasteiger partial charge in [-0.15, -0.1) is 0 Å². The first-order valence-corrected chi connectivity index (χ1v) is 4.91. The summed E-state index contributed by atoms with van der Waals surface area (Å²) >= 11 is 0. The molecule has 0 aliphatic heterocycles. The molecule has 3 nitrogen and oxygen atoms in total. The summed E-state index contributed by atoms with van der Waals surface area (Å²) in [7, 11) is 1.97. The van der Waals surface area contributed by atoms with Crippen LogP contribution < -0.4 is 16.0 Å². The Kier molecular flexibility index (Phi) is 3.24. The molecule has 0 saturated carbocycles. The number of nitrogens with one attached hydrogen (secondary N) is 1. The zero-order valence-electron chi connectivity index (χ0n) is 9.68. The third-order valence-electron chi connectivity index (χ3n) is 2.47. The van der Waals surface area contributed by atoms with E-state index in [4.69, 9.17) is 4.42 Å². The van der Waals surface area contributed by atoms with Crippen molar-refractivity contribution in [3.05, 3.63) is 28.8 Å². The van der Waals surface area contributed by atoms with E-state index < -0.39 is 0 Å². The first-order valence-electron chi connectivity index (χ1n) is 4.91. The standard InChI is InChI=1S/C12H18N2O/c1-7-14(6)11(5)13-12-8(2)9(3)15-10(12)4/h13H,2-3,5,7H2,1,4,6H3. The minimum Gasteiger partial charge on any atom is -0.460 e. The summed E-state index contributed by atoms with van der Waals surface area (Å²) in [5.41, 5.74) is 1.47. The topological polar surface area (TPSA) is 28.4 Å². The number of furan rings is 1. The second kappa shape index (κ2) is 4.26. The van der Waals surface area contributed by atoms with Crippen molar-refractivity contribution in [2.75, 3.05) is 18.9 Å². The fourth-order valence-electron chi connectivity index (χ4n) is 1.24. The van der Waals surface area contributed by atoms with Gasteiger partial charge < -0.3 is 14.6 Å². The molecule has 0 radical (unpaired) electrons. The molecule has 3 heteroatoms. The highest BCUT2D eigenvalue weighted by Gasteiger charge is 2.07. The molecule has 0 unspecified atom stereocenters. The Morgan fingerprint density at radius 2 is 2.07 bits per heavy atom. The van der Waals surface area contributed by atoms with Crippen LogP contribution in [0.25, 0.3) is 13.2 Å². The number of anilines is 1. The van der Waals surface area contributed by atoms with Crippen LogP contribution in [0, 0.1) is 6.92 Å². The maximum atomic E-state index is 5.36. The second-order valence-electron chi connectivity index (χ2n) is 3.52. The Bertz CT molecular complexity index is 459. The summed E-state index contributed by atoms with van der Waals surface area (Å²) in [5.74, 6) is 1.61. The van der Waals surface area contributed by atoms with E-state index in [9.17, 15) is 0 Å². The average Bonchev–Trinajstić information content (AvgIpc) is 2.43. The Balaban J connectivity index is 2.95. The van der Waals surface area contributed by atoms with Gasteiger partial charge in [0.15, 0.2) is 0 Å². The third kappa shape index (κ3) is 2.24. The van der Waals surface area contributed by atoms with Gasteiger partial charge in [-0.05, 0) is 13.8 Å². The number of nitrogens with zero attached hydrogens (tertiary/aromatic N) is 1. The molecule has 1 heterocycles. The van der Waals surface area contributed by atoms with Gasteiger partial charge in [-0.3, -0.25) is 0 Å². The van der Waals surface area contributed by atoms with Gasteiger partial charge in [-0.25, -0.2) is 0 Å². The molecule has 0 spiro atoms. The molecule has 1 rings (SSSR count). The zero-order chi connectivity index (χ0) is 11.6. The average molecular weight is 206 g/mol. The lowest BCUT2D eigenvalue weighted by Crippen LogP contribution is -2.25. The summed E-state index contributed by atoms with van der Waals surface area (Å²) in [6.07, 6.45) is 0. The molecule has 0 aliphatic rings. The monoisotopic (exact) mass is 206 g/mol. The Labute approximate surface area is 90.4 Å². The van der Waals surface area contributed by atoms with Crippen molar-refractivity contribution >= 4 is 18.8 Å². The van der Waals surface area contributed by atoms with Crippen LogP contribution in [-0.2, 0) is 0 Å². The summed E-state index contributed by atoms with van der Waals surface area (Å²) in [6.45, 7) is 16.4. The first-order chi connectivity index (χ1) is 6.97. The number of rotatable bonds is 4.